The number of rotatable bonds is 3. The van der Waals surface area contributed by atoms with Crippen LogP contribution in [0.5, 0.6) is 23.3 Å². The second-order valence-corrected chi connectivity index (χ2v) is 5.68. The molecule has 0 fully saturated rings. The van der Waals surface area contributed by atoms with Gasteiger partial charge in [-0.1, -0.05) is 12.2 Å². The van der Waals surface area contributed by atoms with E-state index >= 15 is 0 Å². The van der Waals surface area contributed by atoms with Gasteiger partial charge in [-0.2, -0.15) is 0 Å². The summed E-state index contributed by atoms with van der Waals surface area (Å²) in [5.74, 6) is 1.77. The van der Waals surface area contributed by atoms with Gasteiger partial charge >= 0.3 is 0 Å². The van der Waals surface area contributed by atoms with Gasteiger partial charge < -0.3 is 19.7 Å². The smallest absolute Gasteiger partial charge is 0.202 e. The molecule has 2 aliphatic carbocycles. The number of ether oxygens (including phenoxy) is 2. The molecule has 0 saturated carbocycles. The summed E-state index contributed by atoms with van der Waals surface area (Å²) in [6, 6.07) is 5.28. The second-order valence-electron chi connectivity index (χ2n) is 5.68. The van der Waals surface area contributed by atoms with Crippen molar-refractivity contribution in [2.75, 3.05) is 14.2 Å². The van der Waals surface area contributed by atoms with Gasteiger partial charge in [-0.3, -0.25) is 4.57 Å². The van der Waals surface area contributed by atoms with Crippen LogP contribution < -0.4 is 9.47 Å². The largest absolute Gasteiger partial charge is 0.494 e. The number of hydrogen-bond donors (Lipinski definition) is 2. The highest BCUT2D eigenvalue weighted by Gasteiger charge is 2.41. The molecule has 2 N–H and O–H groups in total. The molecule has 0 amide bonds. The van der Waals surface area contributed by atoms with Crippen molar-refractivity contribution in [3.8, 4) is 28.9 Å². The summed E-state index contributed by atoms with van der Waals surface area (Å²) >= 11 is 0. The van der Waals surface area contributed by atoms with E-state index in [4.69, 9.17) is 9.47 Å². The Balaban J connectivity index is 1.89. The summed E-state index contributed by atoms with van der Waals surface area (Å²) in [4.78, 5) is 0. The van der Waals surface area contributed by atoms with Crippen molar-refractivity contribution in [1.82, 2.24) is 4.57 Å². The van der Waals surface area contributed by atoms with Gasteiger partial charge in [0.05, 0.1) is 19.9 Å². The normalized spacial score (nSPS) is 21.2. The van der Waals surface area contributed by atoms with Gasteiger partial charge in [-0.05, 0) is 18.6 Å². The lowest BCUT2D eigenvalue weighted by Crippen LogP contribution is -1.98. The lowest BCUT2D eigenvalue weighted by atomic mass is 10.0. The Morgan fingerprint density at radius 3 is 2.09 bits per heavy atom. The SMILES string of the molecule is COc1ccc(-n2c(O)c3c(c2O)[C@H]2C=C[C@@H]3C2)cc1OC. The fourth-order valence-corrected chi connectivity index (χ4v) is 3.65. The van der Waals surface area contributed by atoms with E-state index in [9.17, 15) is 10.2 Å². The summed E-state index contributed by atoms with van der Waals surface area (Å²) in [6.45, 7) is 0. The first kappa shape index (κ1) is 13.1. The van der Waals surface area contributed by atoms with Crippen molar-refractivity contribution in [1.29, 1.82) is 0 Å². The molecule has 0 unspecified atom stereocenters. The van der Waals surface area contributed by atoms with E-state index in [-0.39, 0.29) is 23.6 Å². The van der Waals surface area contributed by atoms with Crippen LogP contribution in [-0.2, 0) is 0 Å². The molecule has 4 rings (SSSR count). The van der Waals surface area contributed by atoms with Crippen LogP contribution in [0.2, 0.25) is 0 Å². The van der Waals surface area contributed by atoms with Gasteiger partial charge in [0, 0.05) is 29.0 Å². The van der Waals surface area contributed by atoms with Crippen LogP contribution in [-0.4, -0.2) is 29.0 Å². The molecule has 0 saturated heterocycles. The summed E-state index contributed by atoms with van der Waals surface area (Å²) in [5.41, 5.74) is 2.33. The molecule has 0 radical (unpaired) electrons. The maximum absolute atomic E-state index is 10.6. The third-order valence-corrected chi connectivity index (χ3v) is 4.65. The van der Waals surface area contributed by atoms with E-state index < -0.39 is 0 Å². The molecule has 1 heterocycles. The number of nitrogens with zero attached hydrogens (tertiary/aromatic N) is 1. The van der Waals surface area contributed by atoms with E-state index in [1.807, 2.05) is 0 Å². The molecule has 22 heavy (non-hydrogen) atoms. The van der Waals surface area contributed by atoms with Gasteiger partial charge in [0.1, 0.15) is 0 Å². The number of allylic oxidation sites excluding steroid dienone is 2. The first-order valence-corrected chi connectivity index (χ1v) is 7.22. The Labute approximate surface area is 128 Å². The van der Waals surface area contributed by atoms with Gasteiger partial charge in [-0.25, -0.2) is 0 Å². The predicted molar refractivity (Wildman–Crippen MR) is 81.4 cm³/mol. The van der Waals surface area contributed by atoms with Crippen LogP contribution in [0.4, 0.5) is 0 Å². The van der Waals surface area contributed by atoms with Crippen molar-refractivity contribution >= 4 is 0 Å². The predicted octanol–water partition coefficient (Wildman–Crippen LogP) is 3.05. The lowest BCUT2D eigenvalue weighted by molar-refractivity contribution is 0.354. The summed E-state index contributed by atoms with van der Waals surface area (Å²) in [7, 11) is 3.13. The third-order valence-electron chi connectivity index (χ3n) is 4.65. The molecule has 0 spiro atoms. The zero-order valence-corrected chi connectivity index (χ0v) is 12.4. The van der Waals surface area contributed by atoms with Crippen molar-refractivity contribution in [3.63, 3.8) is 0 Å². The highest BCUT2D eigenvalue weighted by Crippen LogP contribution is 2.57. The number of hydrogen-bond acceptors (Lipinski definition) is 4. The average molecular weight is 299 g/mol. The molecule has 2 atom stereocenters. The molecule has 1 aromatic carbocycles. The minimum atomic E-state index is 0.108. The summed E-state index contributed by atoms with van der Waals surface area (Å²) in [5, 5.41) is 21.2. The molecule has 114 valence electrons. The number of fused-ring (bicyclic) bond motifs is 5. The highest BCUT2D eigenvalue weighted by molar-refractivity contribution is 5.63. The molecule has 2 aromatic rings. The van der Waals surface area contributed by atoms with Crippen LogP contribution in [0.3, 0.4) is 0 Å². The Bertz CT molecular complexity index is 755. The van der Waals surface area contributed by atoms with Crippen molar-refractivity contribution in [3.05, 3.63) is 41.5 Å². The Kier molecular flexibility index (Phi) is 2.66. The number of benzene rings is 1. The molecule has 5 heteroatoms. The Morgan fingerprint density at radius 2 is 1.55 bits per heavy atom. The van der Waals surface area contributed by atoms with Gasteiger partial charge in [0.15, 0.2) is 11.5 Å². The summed E-state index contributed by atoms with van der Waals surface area (Å²) in [6.07, 6.45) is 5.15. The molecule has 5 nitrogen and oxygen atoms in total. The quantitative estimate of drug-likeness (QED) is 0.855. The molecular weight excluding hydrogens is 282 g/mol. The van der Waals surface area contributed by atoms with Gasteiger partial charge in [-0.15, -0.1) is 0 Å². The maximum Gasteiger partial charge on any atom is 0.202 e. The van der Waals surface area contributed by atoms with Crippen molar-refractivity contribution in [2.45, 2.75) is 18.3 Å². The lowest BCUT2D eigenvalue weighted by Gasteiger charge is -2.13. The molecule has 1 aromatic heterocycles. The number of aromatic hydroxyl groups is 2. The minimum Gasteiger partial charge on any atom is -0.494 e. The second kappa shape index (κ2) is 4.47. The molecule has 0 aliphatic heterocycles. The molecule has 2 aliphatic rings. The first-order chi connectivity index (χ1) is 10.7. The van der Waals surface area contributed by atoms with Crippen LogP contribution in [0, 0.1) is 0 Å². The van der Waals surface area contributed by atoms with Gasteiger partial charge in [0.25, 0.3) is 0 Å². The number of aromatic nitrogens is 1. The molecular formula is C17H17NO4. The van der Waals surface area contributed by atoms with E-state index in [0.29, 0.717) is 17.2 Å². The summed E-state index contributed by atoms with van der Waals surface area (Å²) < 4.78 is 12.0. The first-order valence-electron chi connectivity index (χ1n) is 7.22. The van der Waals surface area contributed by atoms with E-state index in [2.05, 4.69) is 12.2 Å². The fraction of sp³-hybridized carbons (Fsp3) is 0.294. The Hall–Kier alpha value is -2.56. The van der Waals surface area contributed by atoms with Crippen LogP contribution in [0.25, 0.3) is 5.69 Å². The van der Waals surface area contributed by atoms with E-state index in [1.54, 1.807) is 32.4 Å². The Morgan fingerprint density at radius 1 is 0.955 bits per heavy atom. The zero-order valence-electron chi connectivity index (χ0n) is 12.4. The minimum absolute atomic E-state index is 0.108. The van der Waals surface area contributed by atoms with Crippen LogP contribution in [0.1, 0.15) is 29.4 Å². The van der Waals surface area contributed by atoms with Crippen LogP contribution >= 0.6 is 0 Å². The maximum atomic E-state index is 10.6. The van der Waals surface area contributed by atoms with Crippen molar-refractivity contribution in [2.24, 2.45) is 0 Å². The zero-order chi connectivity index (χ0) is 15.4. The fourth-order valence-electron chi connectivity index (χ4n) is 3.65. The topological polar surface area (TPSA) is 63.9 Å². The van der Waals surface area contributed by atoms with Gasteiger partial charge in [0.2, 0.25) is 11.8 Å². The third kappa shape index (κ3) is 1.53. The van der Waals surface area contributed by atoms with E-state index in [1.165, 1.54) is 4.57 Å². The average Bonchev–Trinajstić information content (AvgIpc) is 3.21. The van der Waals surface area contributed by atoms with Crippen LogP contribution in [0.15, 0.2) is 30.4 Å². The van der Waals surface area contributed by atoms with E-state index in [0.717, 1.165) is 17.5 Å². The standard InChI is InChI=1S/C17H17NO4/c1-21-12-6-5-11(8-13(12)22-2)18-16(19)14-9-3-4-10(7-9)15(14)17(18)20/h3-6,8-10,19-20H,7H2,1-2H3/t9-,10+. The van der Waals surface area contributed by atoms with Crippen molar-refractivity contribution < 1.29 is 19.7 Å². The monoisotopic (exact) mass is 299 g/mol. The molecule has 2 bridgehead atoms. The highest BCUT2D eigenvalue weighted by atomic mass is 16.5. The number of methoxy groups -OCH3 is 2.